The molecule has 1 saturated heterocycles. The SMILES string of the molecule is O=C(NC1CCCN(Cc2cccs2)C1)c1cccc(=O)[nH]1. The Morgan fingerprint density at radius 2 is 2.27 bits per heavy atom. The van der Waals surface area contributed by atoms with Crippen molar-refractivity contribution in [3.8, 4) is 0 Å². The minimum absolute atomic E-state index is 0.130. The first-order valence-corrected chi connectivity index (χ1v) is 8.33. The summed E-state index contributed by atoms with van der Waals surface area (Å²) in [5.74, 6) is -0.208. The van der Waals surface area contributed by atoms with Gasteiger partial charge in [-0.05, 0) is 36.9 Å². The predicted molar refractivity (Wildman–Crippen MR) is 87.1 cm³/mol. The van der Waals surface area contributed by atoms with Crippen molar-refractivity contribution < 1.29 is 4.79 Å². The second-order valence-electron chi connectivity index (χ2n) is 5.56. The fraction of sp³-hybridized carbons (Fsp3) is 0.375. The van der Waals surface area contributed by atoms with Gasteiger partial charge in [0.2, 0.25) is 5.56 Å². The number of pyridine rings is 1. The summed E-state index contributed by atoms with van der Waals surface area (Å²) < 4.78 is 0. The molecule has 0 radical (unpaired) electrons. The van der Waals surface area contributed by atoms with Crippen LogP contribution in [0.15, 0.2) is 40.5 Å². The van der Waals surface area contributed by atoms with Crippen molar-refractivity contribution in [1.29, 1.82) is 0 Å². The van der Waals surface area contributed by atoms with E-state index in [9.17, 15) is 9.59 Å². The highest BCUT2D eigenvalue weighted by Crippen LogP contribution is 2.17. The highest BCUT2D eigenvalue weighted by Gasteiger charge is 2.22. The summed E-state index contributed by atoms with van der Waals surface area (Å²) in [4.78, 5) is 29.7. The molecule has 1 unspecified atom stereocenters. The number of nitrogens with zero attached hydrogens (tertiary/aromatic N) is 1. The molecule has 1 aliphatic rings. The number of nitrogens with one attached hydrogen (secondary N) is 2. The molecule has 3 rings (SSSR count). The second-order valence-corrected chi connectivity index (χ2v) is 6.59. The number of rotatable bonds is 4. The topological polar surface area (TPSA) is 65.2 Å². The molecule has 22 heavy (non-hydrogen) atoms. The van der Waals surface area contributed by atoms with Crippen LogP contribution in [0.4, 0.5) is 0 Å². The van der Waals surface area contributed by atoms with Gasteiger partial charge in [-0.2, -0.15) is 0 Å². The lowest BCUT2D eigenvalue weighted by atomic mass is 10.1. The Morgan fingerprint density at radius 1 is 1.36 bits per heavy atom. The predicted octanol–water partition coefficient (Wildman–Crippen LogP) is 1.83. The Labute approximate surface area is 133 Å². The van der Waals surface area contributed by atoms with Gasteiger partial charge in [-0.3, -0.25) is 14.5 Å². The number of aromatic nitrogens is 1. The van der Waals surface area contributed by atoms with E-state index in [0.717, 1.165) is 32.5 Å². The fourth-order valence-corrected chi connectivity index (χ4v) is 3.53. The van der Waals surface area contributed by atoms with E-state index in [2.05, 4.69) is 32.7 Å². The van der Waals surface area contributed by atoms with Crippen molar-refractivity contribution in [2.24, 2.45) is 0 Å². The van der Waals surface area contributed by atoms with Gasteiger partial charge in [0.05, 0.1) is 0 Å². The van der Waals surface area contributed by atoms with Crippen molar-refractivity contribution in [3.63, 3.8) is 0 Å². The smallest absolute Gasteiger partial charge is 0.268 e. The maximum absolute atomic E-state index is 12.2. The number of carbonyl (C=O) groups is 1. The molecule has 6 heteroatoms. The molecular weight excluding hydrogens is 298 g/mol. The molecule has 1 atom stereocenters. The Morgan fingerprint density at radius 3 is 3.05 bits per heavy atom. The lowest BCUT2D eigenvalue weighted by molar-refractivity contribution is 0.0896. The van der Waals surface area contributed by atoms with Crippen LogP contribution in [-0.2, 0) is 6.54 Å². The molecular formula is C16H19N3O2S. The van der Waals surface area contributed by atoms with Crippen LogP contribution < -0.4 is 10.9 Å². The van der Waals surface area contributed by atoms with E-state index in [1.165, 1.54) is 10.9 Å². The number of piperidine rings is 1. The quantitative estimate of drug-likeness (QED) is 0.904. The van der Waals surface area contributed by atoms with E-state index in [1.807, 2.05) is 0 Å². The van der Waals surface area contributed by atoms with Crippen LogP contribution in [0.5, 0.6) is 0 Å². The highest BCUT2D eigenvalue weighted by atomic mass is 32.1. The summed E-state index contributed by atoms with van der Waals surface area (Å²) in [6.07, 6.45) is 2.05. The molecule has 1 fully saturated rings. The third kappa shape index (κ3) is 3.84. The first-order valence-electron chi connectivity index (χ1n) is 7.45. The zero-order valence-electron chi connectivity index (χ0n) is 12.2. The number of hydrogen-bond donors (Lipinski definition) is 2. The molecule has 0 bridgehead atoms. The maximum Gasteiger partial charge on any atom is 0.268 e. The van der Waals surface area contributed by atoms with E-state index in [1.54, 1.807) is 23.5 Å². The molecule has 0 aromatic carbocycles. The molecule has 3 heterocycles. The Bertz CT molecular complexity index is 681. The number of likely N-dealkylation sites (tertiary alicyclic amines) is 1. The number of carbonyl (C=O) groups excluding carboxylic acids is 1. The molecule has 2 aromatic rings. The molecule has 0 aliphatic carbocycles. The average Bonchev–Trinajstić information content (AvgIpc) is 3.00. The van der Waals surface area contributed by atoms with Crippen LogP contribution >= 0.6 is 11.3 Å². The van der Waals surface area contributed by atoms with E-state index in [4.69, 9.17) is 0 Å². The summed E-state index contributed by atoms with van der Waals surface area (Å²) in [5, 5.41) is 5.11. The van der Waals surface area contributed by atoms with Crippen molar-refractivity contribution in [3.05, 3.63) is 56.6 Å². The second kappa shape index (κ2) is 6.89. The molecule has 1 amide bonds. The third-order valence-electron chi connectivity index (χ3n) is 3.81. The standard InChI is InChI=1S/C16H19N3O2S/c20-15-7-1-6-14(18-15)16(21)17-12-4-2-8-19(10-12)11-13-5-3-9-22-13/h1,3,5-7,9,12H,2,4,8,10-11H2,(H,17,21)(H,18,20). The van der Waals surface area contributed by atoms with Gasteiger partial charge in [0.1, 0.15) is 5.69 Å². The molecule has 0 saturated carbocycles. The lowest BCUT2D eigenvalue weighted by Gasteiger charge is -2.32. The van der Waals surface area contributed by atoms with E-state index < -0.39 is 0 Å². The summed E-state index contributed by atoms with van der Waals surface area (Å²) in [6, 6.07) is 8.96. The van der Waals surface area contributed by atoms with E-state index in [0.29, 0.717) is 5.69 Å². The monoisotopic (exact) mass is 317 g/mol. The highest BCUT2D eigenvalue weighted by molar-refractivity contribution is 7.09. The number of thiophene rings is 1. The Kier molecular flexibility index (Phi) is 4.70. The van der Waals surface area contributed by atoms with Crippen LogP contribution in [-0.4, -0.2) is 34.9 Å². The van der Waals surface area contributed by atoms with Crippen LogP contribution in [0.3, 0.4) is 0 Å². The third-order valence-corrected chi connectivity index (χ3v) is 4.67. The first kappa shape index (κ1) is 15.0. The first-order chi connectivity index (χ1) is 10.7. The Hall–Kier alpha value is -1.92. The number of H-pyrrole nitrogens is 1. The van der Waals surface area contributed by atoms with E-state index in [-0.39, 0.29) is 17.5 Å². The van der Waals surface area contributed by atoms with Gasteiger partial charge in [0.15, 0.2) is 0 Å². The molecule has 2 aromatic heterocycles. The molecule has 1 aliphatic heterocycles. The molecule has 5 nitrogen and oxygen atoms in total. The van der Waals surface area contributed by atoms with E-state index >= 15 is 0 Å². The van der Waals surface area contributed by atoms with Crippen molar-refractivity contribution in [2.75, 3.05) is 13.1 Å². The largest absolute Gasteiger partial charge is 0.347 e. The van der Waals surface area contributed by atoms with Crippen LogP contribution in [0.25, 0.3) is 0 Å². The van der Waals surface area contributed by atoms with Crippen LogP contribution in [0.2, 0.25) is 0 Å². The van der Waals surface area contributed by atoms with Gasteiger partial charge in [0, 0.05) is 30.1 Å². The Balaban J connectivity index is 1.58. The minimum Gasteiger partial charge on any atom is -0.347 e. The zero-order chi connectivity index (χ0) is 15.4. The van der Waals surface area contributed by atoms with Crippen molar-refractivity contribution >= 4 is 17.2 Å². The molecule has 2 N–H and O–H groups in total. The van der Waals surface area contributed by atoms with Gasteiger partial charge >= 0.3 is 0 Å². The van der Waals surface area contributed by atoms with Crippen LogP contribution in [0.1, 0.15) is 28.2 Å². The van der Waals surface area contributed by atoms with Gasteiger partial charge in [-0.25, -0.2) is 0 Å². The number of aromatic amines is 1. The minimum atomic E-state index is -0.254. The summed E-state index contributed by atoms with van der Waals surface area (Å²) in [5.41, 5.74) is 0.0681. The summed E-state index contributed by atoms with van der Waals surface area (Å²) >= 11 is 1.76. The van der Waals surface area contributed by atoms with Gasteiger partial charge < -0.3 is 10.3 Å². The average molecular weight is 317 g/mol. The number of hydrogen-bond acceptors (Lipinski definition) is 4. The van der Waals surface area contributed by atoms with Gasteiger partial charge in [0.25, 0.3) is 5.91 Å². The maximum atomic E-state index is 12.2. The summed E-state index contributed by atoms with van der Waals surface area (Å²) in [6.45, 7) is 2.85. The molecule has 0 spiro atoms. The van der Waals surface area contributed by atoms with Crippen LogP contribution in [0, 0.1) is 0 Å². The summed E-state index contributed by atoms with van der Waals surface area (Å²) in [7, 11) is 0. The van der Waals surface area contributed by atoms with Gasteiger partial charge in [-0.15, -0.1) is 11.3 Å². The van der Waals surface area contributed by atoms with Crippen molar-refractivity contribution in [1.82, 2.24) is 15.2 Å². The van der Waals surface area contributed by atoms with Crippen molar-refractivity contribution in [2.45, 2.75) is 25.4 Å². The zero-order valence-corrected chi connectivity index (χ0v) is 13.1. The van der Waals surface area contributed by atoms with Gasteiger partial charge in [-0.1, -0.05) is 12.1 Å². The fourth-order valence-electron chi connectivity index (χ4n) is 2.78. The number of amides is 1. The normalized spacial score (nSPS) is 19.0. The lowest BCUT2D eigenvalue weighted by Crippen LogP contribution is -2.47. The molecule has 116 valence electrons.